The number of carbonyl (C=O) groups is 1. The van der Waals surface area contributed by atoms with Crippen molar-refractivity contribution in [1.29, 1.82) is 5.26 Å². The molecule has 4 nitrogen and oxygen atoms in total. The molecular formula is C18H19N3OS. The van der Waals surface area contributed by atoms with Gasteiger partial charge in [0.1, 0.15) is 0 Å². The number of anilines is 1. The molecule has 2 heterocycles. The van der Waals surface area contributed by atoms with E-state index in [1.807, 2.05) is 35.6 Å². The minimum absolute atomic E-state index is 0.00330. The van der Waals surface area contributed by atoms with Crippen molar-refractivity contribution < 1.29 is 4.79 Å². The van der Waals surface area contributed by atoms with Gasteiger partial charge < -0.3 is 5.32 Å². The molecule has 5 heteroatoms. The highest BCUT2D eigenvalue weighted by atomic mass is 32.1. The van der Waals surface area contributed by atoms with Crippen LogP contribution in [0.3, 0.4) is 0 Å². The van der Waals surface area contributed by atoms with E-state index in [-0.39, 0.29) is 11.9 Å². The van der Waals surface area contributed by atoms with E-state index in [9.17, 15) is 4.79 Å². The van der Waals surface area contributed by atoms with Crippen molar-refractivity contribution >= 4 is 22.9 Å². The van der Waals surface area contributed by atoms with Crippen molar-refractivity contribution in [3.8, 4) is 6.07 Å². The molecule has 2 aromatic rings. The summed E-state index contributed by atoms with van der Waals surface area (Å²) >= 11 is 1.81. The predicted molar refractivity (Wildman–Crippen MR) is 92.4 cm³/mol. The number of nitrogens with zero attached hydrogens (tertiary/aromatic N) is 2. The molecule has 3 rings (SSSR count). The average molecular weight is 325 g/mol. The minimum Gasteiger partial charge on any atom is -0.325 e. The van der Waals surface area contributed by atoms with Crippen LogP contribution < -0.4 is 5.32 Å². The van der Waals surface area contributed by atoms with Gasteiger partial charge in [-0.05, 0) is 48.1 Å². The number of rotatable bonds is 4. The first kappa shape index (κ1) is 15.7. The van der Waals surface area contributed by atoms with Crippen molar-refractivity contribution in [3.63, 3.8) is 0 Å². The Bertz CT molecular complexity index is 729. The number of carbonyl (C=O) groups excluding carboxylic acids is 1. The maximum atomic E-state index is 12.3. The number of benzene rings is 1. The van der Waals surface area contributed by atoms with Gasteiger partial charge in [-0.2, -0.15) is 5.26 Å². The van der Waals surface area contributed by atoms with Gasteiger partial charge in [0.25, 0.3) is 0 Å². The Balaban J connectivity index is 1.58. The largest absolute Gasteiger partial charge is 0.325 e. The normalized spacial score (nSPS) is 17.3. The van der Waals surface area contributed by atoms with Gasteiger partial charge in [0.15, 0.2) is 0 Å². The van der Waals surface area contributed by atoms with Gasteiger partial charge in [0, 0.05) is 23.2 Å². The fourth-order valence-electron chi connectivity index (χ4n) is 2.96. The van der Waals surface area contributed by atoms with E-state index in [0.29, 0.717) is 13.0 Å². The summed E-state index contributed by atoms with van der Waals surface area (Å²) in [7, 11) is 0. The molecule has 0 bridgehead atoms. The molecule has 1 amide bonds. The van der Waals surface area contributed by atoms with E-state index in [0.717, 1.165) is 24.2 Å². The first-order chi connectivity index (χ1) is 11.2. The molecular weight excluding hydrogens is 306 g/mol. The third kappa shape index (κ3) is 3.61. The summed E-state index contributed by atoms with van der Waals surface area (Å²) < 4.78 is 0. The van der Waals surface area contributed by atoms with Crippen molar-refractivity contribution in [2.75, 3.05) is 18.4 Å². The number of nitrogens with one attached hydrogen (secondary N) is 1. The van der Waals surface area contributed by atoms with E-state index < -0.39 is 0 Å². The van der Waals surface area contributed by atoms with E-state index in [4.69, 9.17) is 5.26 Å². The Morgan fingerprint density at radius 1 is 1.39 bits per heavy atom. The van der Waals surface area contributed by atoms with Crippen LogP contribution in [0.25, 0.3) is 0 Å². The average Bonchev–Trinajstić information content (AvgIpc) is 3.02. The topological polar surface area (TPSA) is 56.1 Å². The molecule has 0 saturated heterocycles. The van der Waals surface area contributed by atoms with Gasteiger partial charge >= 0.3 is 0 Å². The minimum atomic E-state index is 0.00330. The van der Waals surface area contributed by atoms with Gasteiger partial charge in [-0.1, -0.05) is 12.1 Å². The summed E-state index contributed by atoms with van der Waals surface area (Å²) in [5.41, 5.74) is 3.09. The van der Waals surface area contributed by atoms with Gasteiger partial charge in [-0.25, -0.2) is 0 Å². The van der Waals surface area contributed by atoms with Gasteiger partial charge in [-0.3, -0.25) is 9.69 Å². The molecule has 0 radical (unpaired) electrons. The third-order valence-electron chi connectivity index (χ3n) is 4.27. The Labute approximate surface area is 140 Å². The van der Waals surface area contributed by atoms with Crippen LogP contribution in [0.15, 0.2) is 35.7 Å². The molecule has 0 saturated carbocycles. The van der Waals surface area contributed by atoms with Crippen molar-refractivity contribution in [2.45, 2.75) is 25.8 Å². The van der Waals surface area contributed by atoms with Crippen molar-refractivity contribution in [1.82, 2.24) is 4.90 Å². The molecule has 0 fully saturated rings. The molecule has 1 aliphatic heterocycles. The van der Waals surface area contributed by atoms with Crippen molar-refractivity contribution in [2.24, 2.45) is 0 Å². The molecule has 23 heavy (non-hydrogen) atoms. The summed E-state index contributed by atoms with van der Waals surface area (Å²) in [6, 6.07) is 12.0. The number of nitriles is 1. The Kier molecular flexibility index (Phi) is 4.75. The molecule has 0 unspecified atom stereocenters. The van der Waals surface area contributed by atoms with Gasteiger partial charge in [0.2, 0.25) is 5.91 Å². The van der Waals surface area contributed by atoms with Crippen molar-refractivity contribution in [3.05, 3.63) is 51.7 Å². The zero-order chi connectivity index (χ0) is 16.2. The molecule has 1 aromatic heterocycles. The monoisotopic (exact) mass is 325 g/mol. The molecule has 1 N–H and O–H groups in total. The summed E-state index contributed by atoms with van der Waals surface area (Å²) in [5, 5.41) is 13.7. The molecule has 1 aliphatic rings. The number of amides is 1. The maximum Gasteiger partial charge on any atom is 0.238 e. The number of hydrogen-bond donors (Lipinski definition) is 1. The van der Waals surface area contributed by atoms with Gasteiger partial charge in [0.05, 0.1) is 19.0 Å². The van der Waals surface area contributed by atoms with Crippen LogP contribution in [0.4, 0.5) is 5.69 Å². The summed E-state index contributed by atoms with van der Waals surface area (Å²) in [5.74, 6) is 0.00330. The lowest BCUT2D eigenvalue weighted by Gasteiger charge is -2.32. The van der Waals surface area contributed by atoms with Crippen LogP contribution in [0, 0.1) is 11.3 Å². The number of fused-ring (bicyclic) bond motifs is 1. The van der Waals surface area contributed by atoms with Crippen LogP contribution in [0.2, 0.25) is 0 Å². The summed E-state index contributed by atoms with van der Waals surface area (Å²) in [4.78, 5) is 15.9. The third-order valence-corrected chi connectivity index (χ3v) is 5.27. The maximum absolute atomic E-state index is 12.3. The van der Waals surface area contributed by atoms with Crippen LogP contribution in [-0.4, -0.2) is 23.9 Å². The second-order valence-corrected chi connectivity index (χ2v) is 6.78. The summed E-state index contributed by atoms with van der Waals surface area (Å²) in [6.45, 7) is 3.48. The second-order valence-electron chi connectivity index (χ2n) is 5.78. The Morgan fingerprint density at radius 2 is 2.17 bits per heavy atom. The van der Waals surface area contributed by atoms with E-state index >= 15 is 0 Å². The van der Waals surface area contributed by atoms with Crippen LogP contribution in [-0.2, 0) is 17.6 Å². The Morgan fingerprint density at radius 3 is 2.91 bits per heavy atom. The first-order valence-corrected chi connectivity index (χ1v) is 8.61. The number of thiophene rings is 1. The lowest BCUT2D eigenvalue weighted by Crippen LogP contribution is -2.39. The highest BCUT2D eigenvalue weighted by molar-refractivity contribution is 7.10. The quantitative estimate of drug-likeness (QED) is 0.937. The summed E-state index contributed by atoms with van der Waals surface area (Å²) in [6.07, 6.45) is 1.41. The fraction of sp³-hybridized carbons (Fsp3) is 0.333. The highest BCUT2D eigenvalue weighted by Crippen LogP contribution is 2.32. The first-order valence-electron chi connectivity index (χ1n) is 7.73. The molecule has 118 valence electrons. The highest BCUT2D eigenvalue weighted by Gasteiger charge is 2.26. The number of hydrogen-bond acceptors (Lipinski definition) is 4. The second kappa shape index (κ2) is 6.95. The van der Waals surface area contributed by atoms with Crippen LogP contribution in [0.1, 0.15) is 29.0 Å². The standard InChI is InChI=1S/C18H19N3OS/c1-13-16-8-11-23-17(16)7-10-21(13)12-18(22)20-15-4-2-14(3-5-15)6-9-19/h2-5,8,11,13H,6-7,10,12H2,1H3,(H,20,22)/t13-/m0/s1. The van der Waals surface area contributed by atoms with Crippen LogP contribution in [0.5, 0.6) is 0 Å². The smallest absolute Gasteiger partial charge is 0.238 e. The Hall–Kier alpha value is -2.16. The van der Waals surface area contributed by atoms with E-state index in [1.54, 1.807) is 0 Å². The zero-order valence-corrected chi connectivity index (χ0v) is 13.9. The van der Waals surface area contributed by atoms with E-state index in [2.05, 4.69) is 34.7 Å². The predicted octanol–water partition coefficient (Wildman–Crippen LogP) is 3.37. The molecule has 1 atom stereocenters. The lowest BCUT2D eigenvalue weighted by atomic mass is 10.0. The van der Waals surface area contributed by atoms with E-state index in [1.165, 1.54) is 10.4 Å². The van der Waals surface area contributed by atoms with Gasteiger partial charge in [-0.15, -0.1) is 11.3 Å². The lowest BCUT2D eigenvalue weighted by molar-refractivity contribution is -0.117. The SMILES string of the molecule is C[C@H]1c2ccsc2CCN1CC(=O)Nc1ccc(CC#N)cc1. The zero-order valence-electron chi connectivity index (χ0n) is 13.1. The molecule has 1 aromatic carbocycles. The van der Waals surface area contributed by atoms with Crippen LogP contribution >= 0.6 is 11.3 Å². The molecule has 0 spiro atoms. The molecule has 0 aliphatic carbocycles. The fourth-order valence-corrected chi connectivity index (χ4v) is 3.92.